The molecule has 0 spiro atoms. The minimum absolute atomic E-state index is 0.00292. The summed E-state index contributed by atoms with van der Waals surface area (Å²) in [6.45, 7) is 7.01. The van der Waals surface area contributed by atoms with Crippen molar-refractivity contribution in [3.05, 3.63) is 34.1 Å². The Hall–Kier alpha value is -0.450. The number of nitrogens with two attached hydrogens (primary N) is 1. The average molecular weight is 329 g/mol. The molecular weight excluding hydrogens is 307 g/mol. The summed E-state index contributed by atoms with van der Waals surface area (Å²) in [5.74, 6) is 1.21. The van der Waals surface area contributed by atoms with E-state index in [0.717, 1.165) is 23.1 Å². The molecule has 0 bridgehead atoms. The molecule has 1 aliphatic rings. The number of rotatable bonds is 4. The van der Waals surface area contributed by atoms with E-state index in [-0.39, 0.29) is 11.9 Å². The lowest BCUT2D eigenvalue weighted by atomic mass is 9.95. The van der Waals surface area contributed by atoms with Crippen molar-refractivity contribution in [2.24, 2.45) is 17.6 Å². The molecule has 2 unspecified atom stereocenters. The first-order chi connectivity index (χ1) is 9.02. The second-order valence-corrected chi connectivity index (χ2v) is 6.62. The van der Waals surface area contributed by atoms with Crippen LogP contribution in [0, 0.1) is 17.7 Å². The van der Waals surface area contributed by atoms with Gasteiger partial charge in [0.05, 0.1) is 0 Å². The van der Waals surface area contributed by atoms with Gasteiger partial charge in [0.25, 0.3) is 0 Å². The average Bonchev–Trinajstić information content (AvgIpc) is 2.82. The molecule has 2 N–H and O–H groups in total. The minimum Gasteiger partial charge on any atom is -0.329 e. The van der Waals surface area contributed by atoms with Crippen LogP contribution < -0.4 is 5.73 Å². The van der Waals surface area contributed by atoms with Crippen LogP contribution in [0.4, 0.5) is 4.39 Å². The van der Waals surface area contributed by atoms with E-state index < -0.39 is 0 Å². The minimum atomic E-state index is -0.169. The van der Waals surface area contributed by atoms with Crippen molar-refractivity contribution in [1.82, 2.24) is 4.90 Å². The fraction of sp³-hybridized carbons (Fsp3) is 0.600. The molecule has 1 saturated heterocycles. The van der Waals surface area contributed by atoms with E-state index >= 15 is 0 Å². The molecule has 19 heavy (non-hydrogen) atoms. The SMILES string of the molecule is CC(C)C1CCN(C(CN)c2ccc(Br)cc2F)C1. The molecule has 0 aliphatic carbocycles. The van der Waals surface area contributed by atoms with E-state index in [4.69, 9.17) is 5.73 Å². The Morgan fingerprint density at radius 1 is 1.47 bits per heavy atom. The Kier molecular flexibility index (Phi) is 4.98. The molecule has 106 valence electrons. The number of hydrogen-bond donors (Lipinski definition) is 1. The second kappa shape index (κ2) is 6.33. The van der Waals surface area contributed by atoms with Gasteiger partial charge in [-0.1, -0.05) is 35.8 Å². The summed E-state index contributed by atoms with van der Waals surface area (Å²) in [7, 11) is 0. The summed E-state index contributed by atoms with van der Waals surface area (Å²) in [6, 6.07) is 5.25. The highest BCUT2D eigenvalue weighted by Crippen LogP contribution is 2.32. The van der Waals surface area contributed by atoms with E-state index in [1.807, 2.05) is 12.1 Å². The van der Waals surface area contributed by atoms with Gasteiger partial charge in [0, 0.05) is 29.2 Å². The normalized spacial score (nSPS) is 22.1. The van der Waals surface area contributed by atoms with Crippen LogP contribution >= 0.6 is 15.9 Å². The highest BCUT2D eigenvalue weighted by Gasteiger charge is 2.31. The molecule has 0 saturated carbocycles. The Morgan fingerprint density at radius 2 is 2.21 bits per heavy atom. The zero-order chi connectivity index (χ0) is 14.0. The zero-order valence-corrected chi connectivity index (χ0v) is 13.2. The van der Waals surface area contributed by atoms with Gasteiger partial charge < -0.3 is 5.73 Å². The van der Waals surface area contributed by atoms with Crippen molar-refractivity contribution in [2.75, 3.05) is 19.6 Å². The van der Waals surface area contributed by atoms with Gasteiger partial charge in [-0.25, -0.2) is 4.39 Å². The van der Waals surface area contributed by atoms with Crippen LogP contribution in [0.3, 0.4) is 0 Å². The predicted octanol–water partition coefficient (Wildman–Crippen LogP) is 3.57. The Balaban J connectivity index is 2.16. The summed E-state index contributed by atoms with van der Waals surface area (Å²) in [5.41, 5.74) is 6.61. The predicted molar refractivity (Wildman–Crippen MR) is 80.4 cm³/mol. The van der Waals surface area contributed by atoms with E-state index in [1.54, 1.807) is 0 Å². The smallest absolute Gasteiger partial charge is 0.129 e. The monoisotopic (exact) mass is 328 g/mol. The van der Waals surface area contributed by atoms with Gasteiger partial charge in [0.2, 0.25) is 0 Å². The number of nitrogens with zero attached hydrogens (tertiary/aromatic N) is 1. The number of likely N-dealkylation sites (tertiary alicyclic amines) is 1. The van der Waals surface area contributed by atoms with Crippen molar-refractivity contribution in [2.45, 2.75) is 26.3 Å². The lowest BCUT2D eigenvalue weighted by molar-refractivity contribution is 0.227. The highest BCUT2D eigenvalue weighted by atomic mass is 79.9. The fourth-order valence-corrected chi connectivity index (χ4v) is 3.22. The van der Waals surface area contributed by atoms with E-state index in [1.165, 1.54) is 12.5 Å². The van der Waals surface area contributed by atoms with Crippen molar-refractivity contribution in [3.8, 4) is 0 Å². The largest absolute Gasteiger partial charge is 0.329 e. The standard InChI is InChI=1S/C15H22BrFN2/c1-10(2)11-5-6-19(9-11)15(8-18)13-4-3-12(16)7-14(13)17/h3-4,7,10-11,15H,5-6,8-9,18H2,1-2H3. The lowest BCUT2D eigenvalue weighted by Crippen LogP contribution is -2.33. The molecule has 2 rings (SSSR count). The summed E-state index contributed by atoms with van der Waals surface area (Å²) >= 11 is 3.29. The van der Waals surface area contributed by atoms with Crippen LogP contribution in [-0.2, 0) is 0 Å². The first-order valence-electron chi connectivity index (χ1n) is 6.92. The van der Waals surface area contributed by atoms with Crippen LogP contribution in [0.1, 0.15) is 31.9 Å². The molecule has 0 amide bonds. The van der Waals surface area contributed by atoms with Crippen LogP contribution in [0.25, 0.3) is 0 Å². The zero-order valence-electron chi connectivity index (χ0n) is 11.6. The topological polar surface area (TPSA) is 29.3 Å². The second-order valence-electron chi connectivity index (χ2n) is 5.71. The van der Waals surface area contributed by atoms with Gasteiger partial charge in [-0.05, 0) is 36.9 Å². The van der Waals surface area contributed by atoms with Crippen LogP contribution in [0.5, 0.6) is 0 Å². The van der Waals surface area contributed by atoms with Crippen molar-refractivity contribution in [1.29, 1.82) is 0 Å². The van der Waals surface area contributed by atoms with Crippen LogP contribution in [0.15, 0.2) is 22.7 Å². The van der Waals surface area contributed by atoms with Gasteiger partial charge in [-0.2, -0.15) is 0 Å². The maximum absolute atomic E-state index is 14.1. The molecule has 1 aromatic rings. The molecule has 1 aliphatic heterocycles. The fourth-order valence-electron chi connectivity index (χ4n) is 2.89. The molecule has 2 nitrogen and oxygen atoms in total. The quantitative estimate of drug-likeness (QED) is 0.915. The van der Waals surface area contributed by atoms with Crippen LogP contribution in [-0.4, -0.2) is 24.5 Å². The Labute approximate surface area is 123 Å². The van der Waals surface area contributed by atoms with Crippen LogP contribution in [0.2, 0.25) is 0 Å². The van der Waals surface area contributed by atoms with Gasteiger partial charge in [-0.3, -0.25) is 4.90 Å². The van der Waals surface area contributed by atoms with E-state index in [0.29, 0.717) is 18.4 Å². The summed E-state index contributed by atoms with van der Waals surface area (Å²) in [6.07, 6.45) is 1.19. The molecule has 1 heterocycles. The third kappa shape index (κ3) is 3.36. The molecule has 2 atom stereocenters. The molecule has 0 radical (unpaired) electrons. The number of benzene rings is 1. The van der Waals surface area contributed by atoms with Crippen molar-refractivity contribution in [3.63, 3.8) is 0 Å². The molecule has 0 aromatic heterocycles. The lowest BCUT2D eigenvalue weighted by Gasteiger charge is -2.28. The van der Waals surface area contributed by atoms with Gasteiger partial charge >= 0.3 is 0 Å². The first kappa shape index (κ1) is 14.9. The highest BCUT2D eigenvalue weighted by molar-refractivity contribution is 9.10. The summed E-state index contributed by atoms with van der Waals surface area (Å²) in [5, 5.41) is 0. The summed E-state index contributed by atoms with van der Waals surface area (Å²) in [4.78, 5) is 2.33. The van der Waals surface area contributed by atoms with Gasteiger partial charge in [0.1, 0.15) is 5.82 Å². The maximum atomic E-state index is 14.1. The van der Waals surface area contributed by atoms with Crippen molar-refractivity contribution >= 4 is 15.9 Å². The maximum Gasteiger partial charge on any atom is 0.129 e. The Bertz CT molecular complexity index is 436. The molecule has 4 heteroatoms. The number of halogens is 2. The molecule has 1 aromatic carbocycles. The van der Waals surface area contributed by atoms with Crippen molar-refractivity contribution < 1.29 is 4.39 Å². The van der Waals surface area contributed by atoms with E-state index in [2.05, 4.69) is 34.7 Å². The first-order valence-corrected chi connectivity index (χ1v) is 7.71. The Morgan fingerprint density at radius 3 is 2.74 bits per heavy atom. The van der Waals surface area contributed by atoms with E-state index in [9.17, 15) is 4.39 Å². The summed E-state index contributed by atoms with van der Waals surface area (Å²) < 4.78 is 14.9. The van der Waals surface area contributed by atoms with Gasteiger partial charge in [0.15, 0.2) is 0 Å². The molecular formula is C15H22BrFN2. The molecule has 1 fully saturated rings. The third-order valence-electron chi connectivity index (χ3n) is 4.18. The third-order valence-corrected chi connectivity index (χ3v) is 4.68. The van der Waals surface area contributed by atoms with Gasteiger partial charge in [-0.15, -0.1) is 0 Å². The number of hydrogen-bond acceptors (Lipinski definition) is 2.